The van der Waals surface area contributed by atoms with Crippen molar-refractivity contribution < 1.29 is 19.1 Å². The van der Waals surface area contributed by atoms with Crippen molar-refractivity contribution in [2.75, 3.05) is 13.2 Å². The standard InChI is InChI=1S/C27H43ClO4/c1-2-3-4-5-6-7-8-9-10-11-12-13-21-31-26(29)18-15-19-27(30)32-22-20-24-16-14-17-25(28)23-24/h14,16-17,23H,2-13,15,18-22H2,1H3. The molecule has 0 amide bonds. The summed E-state index contributed by atoms with van der Waals surface area (Å²) in [5.74, 6) is -0.499. The van der Waals surface area contributed by atoms with Crippen molar-refractivity contribution in [3.63, 3.8) is 0 Å². The van der Waals surface area contributed by atoms with E-state index in [1.165, 1.54) is 64.2 Å². The van der Waals surface area contributed by atoms with Crippen LogP contribution in [-0.2, 0) is 25.5 Å². The lowest BCUT2D eigenvalue weighted by Crippen LogP contribution is -2.10. The number of halogens is 1. The first kappa shape index (κ1) is 28.5. The lowest BCUT2D eigenvalue weighted by molar-refractivity contribution is -0.145. The van der Waals surface area contributed by atoms with Crippen LogP contribution in [0.1, 0.15) is 109 Å². The highest BCUT2D eigenvalue weighted by Gasteiger charge is 2.07. The molecular weight excluding hydrogens is 424 g/mol. The molecule has 182 valence electrons. The Hall–Kier alpha value is -1.55. The molecule has 0 saturated carbocycles. The summed E-state index contributed by atoms with van der Waals surface area (Å²) in [6.45, 7) is 3.06. The first-order valence-corrected chi connectivity index (χ1v) is 13.0. The first-order chi connectivity index (χ1) is 15.6. The monoisotopic (exact) mass is 466 g/mol. The smallest absolute Gasteiger partial charge is 0.305 e. The van der Waals surface area contributed by atoms with Crippen molar-refractivity contribution in [1.29, 1.82) is 0 Å². The molecule has 1 aromatic rings. The van der Waals surface area contributed by atoms with E-state index in [1.54, 1.807) is 0 Å². The highest BCUT2D eigenvalue weighted by atomic mass is 35.5. The average molecular weight is 467 g/mol. The Morgan fingerprint density at radius 2 is 1.25 bits per heavy atom. The third-order valence-corrected chi connectivity index (χ3v) is 5.80. The summed E-state index contributed by atoms with van der Waals surface area (Å²) in [7, 11) is 0. The molecule has 1 rings (SSSR count). The van der Waals surface area contributed by atoms with Crippen LogP contribution < -0.4 is 0 Å². The van der Waals surface area contributed by atoms with Crippen LogP contribution in [-0.4, -0.2) is 25.2 Å². The Bertz CT molecular complexity index is 617. The molecule has 0 bridgehead atoms. The van der Waals surface area contributed by atoms with Crippen LogP contribution in [0.2, 0.25) is 5.02 Å². The fraction of sp³-hybridized carbons (Fsp3) is 0.704. The lowest BCUT2D eigenvalue weighted by atomic mass is 10.1. The zero-order valence-corrected chi connectivity index (χ0v) is 20.8. The van der Waals surface area contributed by atoms with Gasteiger partial charge < -0.3 is 9.47 Å². The van der Waals surface area contributed by atoms with Gasteiger partial charge in [-0.25, -0.2) is 0 Å². The van der Waals surface area contributed by atoms with E-state index in [4.69, 9.17) is 21.1 Å². The largest absolute Gasteiger partial charge is 0.466 e. The second kappa shape index (κ2) is 20.1. The second-order valence-electron chi connectivity index (χ2n) is 8.56. The first-order valence-electron chi connectivity index (χ1n) is 12.7. The summed E-state index contributed by atoms with van der Waals surface area (Å²) >= 11 is 5.93. The molecule has 0 aliphatic heterocycles. The number of carbonyl (C=O) groups is 2. The molecule has 1 aromatic carbocycles. The molecule has 0 atom stereocenters. The van der Waals surface area contributed by atoms with Gasteiger partial charge in [0.1, 0.15) is 0 Å². The van der Waals surface area contributed by atoms with Gasteiger partial charge in [0.25, 0.3) is 0 Å². The summed E-state index contributed by atoms with van der Waals surface area (Å²) in [6.07, 6.45) is 17.0. The molecule has 5 heteroatoms. The molecule has 4 nitrogen and oxygen atoms in total. The number of carbonyl (C=O) groups excluding carboxylic acids is 2. The molecule has 0 aromatic heterocycles. The van der Waals surface area contributed by atoms with Gasteiger partial charge in [-0.1, -0.05) is 101 Å². The SMILES string of the molecule is CCCCCCCCCCCCCCOC(=O)CCCC(=O)OCCc1cccc(Cl)c1. The van der Waals surface area contributed by atoms with Gasteiger partial charge in [0.05, 0.1) is 13.2 Å². The lowest BCUT2D eigenvalue weighted by Gasteiger charge is -2.06. The van der Waals surface area contributed by atoms with Crippen LogP contribution in [0.5, 0.6) is 0 Å². The van der Waals surface area contributed by atoms with E-state index in [-0.39, 0.29) is 24.8 Å². The van der Waals surface area contributed by atoms with E-state index in [0.29, 0.717) is 31.1 Å². The zero-order valence-electron chi connectivity index (χ0n) is 20.0. The number of rotatable bonds is 20. The number of ether oxygens (including phenoxy) is 2. The molecule has 0 unspecified atom stereocenters. The minimum atomic E-state index is -0.277. The van der Waals surface area contributed by atoms with E-state index in [1.807, 2.05) is 24.3 Å². The third kappa shape index (κ3) is 17.1. The highest BCUT2D eigenvalue weighted by molar-refractivity contribution is 6.30. The molecule has 0 saturated heterocycles. The Kier molecular flexibility index (Phi) is 17.9. The van der Waals surface area contributed by atoms with Crippen LogP contribution in [0, 0.1) is 0 Å². The predicted molar refractivity (Wildman–Crippen MR) is 132 cm³/mol. The molecule has 0 spiro atoms. The fourth-order valence-corrected chi connectivity index (χ4v) is 3.84. The predicted octanol–water partition coefficient (Wildman–Crippen LogP) is 7.84. The van der Waals surface area contributed by atoms with Crippen molar-refractivity contribution in [3.05, 3.63) is 34.9 Å². The van der Waals surface area contributed by atoms with Crippen LogP contribution in [0.15, 0.2) is 24.3 Å². The van der Waals surface area contributed by atoms with Gasteiger partial charge in [-0.15, -0.1) is 0 Å². The number of hydrogen-bond donors (Lipinski definition) is 0. The fourth-order valence-electron chi connectivity index (χ4n) is 3.63. The molecular formula is C27H43ClO4. The van der Waals surface area contributed by atoms with Gasteiger partial charge >= 0.3 is 11.9 Å². The molecule has 0 heterocycles. The molecule has 0 fully saturated rings. The minimum Gasteiger partial charge on any atom is -0.466 e. The van der Waals surface area contributed by atoms with Gasteiger partial charge in [-0.2, -0.15) is 0 Å². The number of esters is 2. The highest BCUT2D eigenvalue weighted by Crippen LogP contribution is 2.13. The van der Waals surface area contributed by atoms with Gasteiger partial charge in [-0.3, -0.25) is 9.59 Å². The van der Waals surface area contributed by atoms with Crippen LogP contribution in [0.4, 0.5) is 0 Å². The Balaban J connectivity index is 1.85. The van der Waals surface area contributed by atoms with Crippen molar-refractivity contribution in [3.8, 4) is 0 Å². The van der Waals surface area contributed by atoms with E-state index >= 15 is 0 Å². The van der Waals surface area contributed by atoms with Crippen LogP contribution in [0.3, 0.4) is 0 Å². The van der Waals surface area contributed by atoms with Crippen molar-refractivity contribution in [1.82, 2.24) is 0 Å². The quantitative estimate of drug-likeness (QED) is 0.145. The molecule has 32 heavy (non-hydrogen) atoms. The zero-order chi connectivity index (χ0) is 23.3. The minimum absolute atomic E-state index is 0.222. The number of hydrogen-bond acceptors (Lipinski definition) is 4. The Morgan fingerprint density at radius 3 is 1.81 bits per heavy atom. The second-order valence-corrected chi connectivity index (χ2v) is 9.00. The van der Waals surface area contributed by atoms with Gasteiger partial charge in [-0.05, 0) is 30.5 Å². The summed E-state index contributed by atoms with van der Waals surface area (Å²) in [6, 6.07) is 7.50. The van der Waals surface area contributed by atoms with Crippen LogP contribution in [0.25, 0.3) is 0 Å². The maximum atomic E-state index is 11.8. The van der Waals surface area contributed by atoms with E-state index in [2.05, 4.69) is 6.92 Å². The molecule has 0 N–H and O–H groups in total. The summed E-state index contributed by atoms with van der Waals surface area (Å²) in [4.78, 5) is 23.5. The summed E-state index contributed by atoms with van der Waals surface area (Å²) in [5.41, 5.74) is 1.03. The topological polar surface area (TPSA) is 52.6 Å². The molecule has 0 aliphatic rings. The maximum Gasteiger partial charge on any atom is 0.305 e. The third-order valence-electron chi connectivity index (χ3n) is 5.57. The molecule has 0 radical (unpaired) electrons. The van der Waals surface area contributed by atoms with E-state index < -0.39 is 0 Å². The van der Waals surface area contributed by atoms with Crippen molar-refractivity contribution >= 4 is 23.5 Å². The number of benzene rings is 1. The van der Waals surface area contributed by atoms with E-state index in [0.717, 1.165) is 18.4 Å². The van der Waals surface area contributed by atoms with Gasteiger partial charge in [0.2, 0.25) is 0 Å². The molecule has 0 aliphatic carbocycles. The maximum absolute atomic E-state index is 11.8. The van der Waals surface area contributed by atoms with Gasteiger partial charge in [0, 0.05) is 24.3 Å². The Labute approximate surface area is 200 Å². The summed E-state index contributed by atoms with van der Waals surface area (Å²) < 4.78 is 10.5. The van der Waals surface area contributed by atoms with Gasteiger partial charge in [0.15, 0.2) is 0 Å². The van der Waals surface area contributed by atoms with Crippen molar-refractivity contribution in [2.24, 2.45) is 0 Å². The van der Waals surface area contributed by atoms with Crippen LogP contribution >= 0.6 is 11.6 Å². The van der Waals surface area contributed by atoms with Crippen molar-refractivity contribution in [2.45, 2.75) is 110 Å². The van der Waals surface area contributed by atoms with E-state index in [9.17, 15) is 9.59 Å². The Morgan fingerprint density at radius 1 is 0.719 bits per heavy atom. The normalized spacial score (nSPS) is 10.8. The number of unbranched alkanes of at least 4 members (excludes halogenated alkanes) is 11. The summed E-state index contributed by atoms with van der Waals surface area (Å²) in [5, 5.41) is 0.677. The average Bonchev–Trinajstić information content (AvgIpc) is 2.77.